The molecule has 1 atom stereocenters. The molecule has 0 radical (unpaired) electrons. The number of carbonyl (C=O) groups excluding carboxylic acids is 1. The first-order valence-electron chi connectivity index (χ1n) is 7.85. The monoisotopic (exact) mass is 404 g/mol. The third kappa shape index (κ3) is 4.58. The topological polar surface area (TPSA) is 51.2 Å². The Labute approximate surface area is 165 Å². The number of nitrogens with one attached hydrogen (secondary N) is 1. The number of ether oxygens (including phenoxy) is 1. The zero-order valence-corrected chi connectivity index (χ0v) is 16.6. The molecule has 4 nitrogen and oxygen atoms in total. The lowest BCUT2D eigenvalue weighted by Crippen LogP contribution is -2.19. The molecule has 134 valence electrons. The number of halogens is 1. The largest absolute Gasteiger partial charge is 0.495 e. The van der Waals surface area contributed by atoms with Crippen LogP contribution >= 0.6 is 34.7 Å². The van der Waals surface area contributed by atoms with Crippen molar-refractivity contribution in [1.29, 1.82) is 0 Å². The van der Waals surface area contributed by atoms with Gasteiger partial charge in [0.15, 0.2) is 4.34 Å². The van der Waals surface area contributed by atoms with Gasteiger partial charge in [-0.05, 0) is 30.7 Å². The van der Waals surface area contributed by atoms with Crippen LogP contribution in [0.4, 0.5) is 5.69 Å². The maximum Gasteiger partial charge on any atom is 0.242 e. The predicted molar refractivity (Wildman–Crippen MR) is 109 cm³/mol. The molecule has 0 aliphatic rings. The van der Waals surface area contributed by atoms with Gasteiger partial charge in [-0.1, -0.05) is 53.7 Å². The first-order chi connectivity index (χ1) is 12.6. The van der Waals surface area contributed by atoms with Crippen LogP contribution in [-0.4, -0.2) is 18.0 Å². The van der Waals surface area contributed by atoms with Crippen molar-refractivity contribution in [3.63, 3.8) is 0 Å². The summed E-state index contributed by atoms with van der Waals surface area (Å²) < 4.78 is 6.01. The van der Waals surface area contributed by atoms with E-state index in [0.29, 0.717) is 16.5 Å². The quantitative estimate of drug-likeness (QED) is 0.544. The molecule has 0 fully saturated rings. The van der Waals surface area contributed by atoms with Crippen molar-refractivity contribution >= 4 is 46.3 Å². The molecule has 0 saturated carbocycles. The number of anilines is 1. The second-order valence-electron chi connectivity index (χ2n) is 5.50. The molecule has 3 aromatic rings. The SMILES string of the molecule is COc1ccc(NC(=O)[C@@H](Sc2nc(C)cs2)c2ccccc2)cc1Cl. The van der Waals surface area contributed by atoms with Crippen LogP contribution in [-0.2, 0) is 4.79 Å². The highest BCUT2D eigenvalue weighted by Gasteiger charge is 2.23. The zero-order valence-electron chi connectivity index (χ0n) is 14.2. The number of hydrogen-bond acceptors (Lipinski definition) is 5. The lowest BCUT2D eigenvalue weighted by atomic mass is 10.1. The number of methoxy groups -OCH3 is 1. The van der Waals surface area contributed by atoms with Crippen LogP contribution in [0.25, 0.3) is 0 Å². The van der Waals surface area contributed by atoms with Crippen molar-refractivity contribution in [1.82, 2.24) is 4.98 Å². The minimum atomic E-state index is -0.414. The van der Waals surface area contributed by atoms with Gasteiger partial charge >= 0.3 is 0 Å². The van der Waals surface area contributed by atoms with Gasteiger partial charge in [0.05, 0.1) is 12.1 Å². The van der Waals surface area contributed by atoms with Gasteiger partial charge in [-0.15, -0.1) is 11.3 Å². The number of carbonyl (C=O) groups is 1. The second kappa shape index (κ2) is 8.58. The van der Waals surface area contributed by atoms with E-state index in [9.17, 15) is 4.79 Å². The number of amides is 1. The van der Waals surface area contributed by atoms with Crippen molar-refractivity contribution in [2.45, 2.75) is 16.5 Å². The average Bonchev–Trinajstić information content (AvgIpc) is 3.05. The molecule has 0 aliphatic carbocycles. The molecule has 0 aliphatic heterocycles. The summed E-state index contributed by atoms with van der Waals surface area (Å²) in [6.45, 7) is 1.94. The molecule has 2 aromatic carbocycles. The van der Waals surface area contributed by atoms with Crippen molar-refractivity contribution in [2.75, 3.05) is 12.4 Å². The van der Waals surface area contributed by atoms with Gasteiger partial charge in [0.1, 0.15) is 11.0 Å². The number of aryl methyl sites for hydroxylation is 1. The number of thiazole rings is 1. The fraction of sp³-hybridized carbons (Fsp3) is 0.158. The van der Waals surface area contributed by atoms with Gasteiger partial charge in [0.2, 0.25) is 5.91 Å². The molecular formula is C19H17ClN2O2S2. The summed E-state index contributed by atoms with van der Waals surface area (Å²) in [7, 11) is 1.55. The van der Waals surface area contributed by atoms with E-state index < -0.39 is 5.25 Å². The van der Waals surface area contributed by atoms with Crippen LogP contribution < -0.4 is 10.1 Å². The maximum atomic E-state index is 13.0. The first-order valence-corrected chi connectivity index (χ1v) is 9.98. The molecule has 1 aromatic heterocycles. The molecule has 1 heterocycles. The van der Waals surface area contributed by atoms with Crippen molar-refractivity contribution in [3.05, 3.63) is 70.2 Å². The highest BCUT2D eigenvalue weighted by Crippen LogP contribution is 2.38. The molecule has 1 amide bonds. The van der Waals surface area contributed by atoms with E-state index in [1.165, 1.54) is 23.1 Å². The second-order valence-corrected chi connectivity index (χ2v) is 8.12. The lowest BCUT2D eigenvalue weighted by molar-refractivity contribution is -0.115. The molecule has 3 rings (SSSR count). The number of rotatable bonds is 6. The Bertz CT molecular complexity index is 900. The Kier molecular flexibility index (Phi) is 6.19. The minimum absolute atomic E-state index is 0.129. The Morgan fingerprint density at radius 3 is 2.65 bits per heavy atom. The smallest absolute Gasteiger partial charge is 0.242 e. The van der Waals surface area contributed by atoms with Gasteiger partial charge in [0, 0.05) is 16.8 Å². The highest BCUT2D eigenvalue weighted by molar-refractivity contribution is 8.01. The first kappa shape index (κ1) is 18.8. The predicted octanol–water partition coefficient (Wildman–Crippen LogP) is 5.59. The molecule has 1 N–H and O–H groups in total. The molecule has 7 heteroatoms. The number of thioether (sulfide) groups is 1. The van der Waals surface area contributed by atoms with E-state index in [1.54, 1.807) is 25.3 Å². The summed E-state index contributed by atoms with van der Waals surface area (Å²) in [5, 5.41) is 4.95. The molecular weight excluding hydrogens is 388 g/mol. The third-order valence-corrected chi connectivity index (χ3v) is 6.22. The minimum Gasteiger partial charge on any atom is -0.495 e. The standard InChI is InChI=1S/C19H17ClN2O2S2/c1-12-11-25-19(21-12)26-17(13-6-4-3-5-7-13)18(23)22-14-8-9-16(24-2)15(20)10-14/h3-11,17H,1-2H3,(H,22,23)/t17-/m0/s1. The van der Waals surface area contributed by atoms with Crippen LogP contribution in [0.5, 0.6) is 5.75 Å². The molecule has 0 saturated heterocycles. The van der Waals surface area contributed by atoms with E-state index >= 15 is 0 Å². The Hall–Kier alpha value is -2.02. The zero-order chi connectivity index (χ0) is 18.5. The maximum absolute atomic E-state index is 13.0. The lowest BCUT2D eigenvalue weighted by Gasteiger charge is -2.16. The summed E-state index contributed by atoms with van der Waals surface area (Å²) >= 11 is 9.13. The van der Waals surface area contributed by atoms with Crippen LogP contribution in [0.1, 0.15) is 16.5 Å². The van der Waals surface area contributed by atoms with Crippen LogP contribution in [0.15, 0.2) is 58.3 Å². The van der Waals surface area contributed by atoms with Crippen molar-refractivity contribution in [3.8, 4) is 5.75 Å². The Balaban J connectivity index is 1.83. The molecule has 26 heavy (non-hydrogen) atoms. The van der Waals surface area contributed by atoms with E-state index in [-0.39, 0.29) is 5.91 Å². The van der Waals surface area contributed by atoms with E-state index in [0.717, 1.165) is 15.6 Å². The number of nitrogens with zero attached hydrogens (tertiary/aromatic N) is 1. The number of benzene rings is 2. The molecule has 0 bridgehead atoms. The van der Waals surface area contributed by atoms with Crippen LogP contribution in [0.3, 0.4) is 0 Å². The van der Waals surface area contributed by atoms with E-state index in [1.807, 2.05) is 42.6 Å². The summed E-state index contributed by atoms with van der Waals surface area (Å²) in [5.74, 6) is 0.437. The van der Waals surface area contributed by atoms with Crippen molar-refractivity contribution < 1.29 is 9.53 Å². The molecule has 0 unspecified atom stereocenters. The van der Waals surface area contributed by atoms with Gasteiger partial charge in [-0.2, -0.15) is 0 Å². The van der Waals surface area contributed by atoms with Crippen LogP contribution in [0, 0.1) is 6.92 Å². The Morgan fingerprint density at radius 1 is 1.27 bits per heavy atom. The normalized spacial score (nSPS) is 11.8. The van der Waals surface area contributed by atoms with Gasteiger partial charge < -0.3 is 10.1 Å². The average molecular weight is 405 g/mol. The van der Waals surface area contributed by atoms with E-state index in [4.69, 9.17) is 16.3 Å². The molecule has 0 spiro atoms. The van der Waals surface area contributed by atoms with Gasteiger partial charge in [-0.25, -0.2) is 4.98 Å². The summed E-state index contributed by atoms with van der Waals surface area (Å²) in [5.41, 5.74) is 2.49. The van der Waals surface area contributed by atoms with Gasteiger partial charge in [0.25, 0.3) is 0 Å². The third-order valence-electron chi connectivity index (χ3n) is 3.58. The summed E-state index contributed by atoms with van der Waals surface area (Å²) in [6.07, 6.45) is 0. The number of aromatic nitrogens is 1. The van der Waals surface area contributed by atoms with E-state index in [2.05, 4.69) is 10.3 Å². The highest BCUT2D eigenvalue weighted by atomic mass is 35.5. The summed E-state index contributed by atoms with van der Waals surface area (Å²) in [6, 6.07) is 14.8. The fourth-order valence-electron chi connectivity index (χ4n) is 2.34. The van der Waals surface area contributed by atoms with Crippen LogP contribution in [0.2, 0.25) is 5.02 Å². The van der Waals surface area contributed by atoms with Crippen molar-refractivity contribution in [2.24, 2.45) is 0 Å². The fourth-order valence-corrected chi connectivity index (χ4v) is 4.63. The Morgan fingerprint density at radius 2 is 2.04 bits per heavy atom. The summed E-state index contributed by atoms with van der Waals surface area (Å²) in [4.78, 5) is 17.4. The van der Waals surface area contributed by atoms with Gasteiger partial charge in [-0.3, -0.25) is 4.79 Å². The number of hydrogen-bond donors (Lipinski definition) is 1.